The van der Waals surface area contributed by atoms with E-state index in [4.69, 9.17) is 0 Å². The second kappa shape index (κ2) is 7.84. The molecule has 2 aromatic rings. The van der Waals surface area contributed by atoms with Crippen molar-refractivity contribution in [1.82, 2.24) is 0 Å². The molecule has 0 aliphatic carbocycles. The molecule has 0 aliphatic heterocycles. The third-order valence-corrected chi connectivity index (χ3v) is 6.74. The van der Waals surface area contributed by atoms with Crippen LogP contribution in [-0.2, 0) is 9.84 Å². The van der Waals surface area contributed by atoms with Gasteiger partial charge in [0.25, 0.3) is 0 Å². The summed E-state index contributed by atoms with van der Waals surface area (Å²) < 4.78 is 25.1. The fourth-order valence-corrected chi connectivity index (χ4v) is 5.40. The van der Waals surface area contributed by atoms with Gasteiger partial charge >= 0.3 is 0 Å². The molecule has 22 heavy (non-hydrogen) atoms. The summed E-state index contributed by atoms with van der Waals surface area (Å²) in [6.07, 6.45) is 0. The molecule has 2 nitrogen and oxygen atoms in total. The quantitative estimate of drug-likeness (QED) is 0.698. The Morgan fingerprint density at radius 3 is 2.00 bits per heavy atom. The fourth-order valence-electron chi connectivity index (χ4n) is 2.16. The Balaban J connectivity index is 2.06. The van der Waals surface area contributed by atoms with Crippen molar-refractivity contribution >= 4 is 21.6 Å². The van der Waals surface area contributed by atoms with Gasteiger partial charge in [-0.3, -0.25) is 0 Å². The van der Waals surface area contributed by atoms with E-state index >= 15 is 0 Å². The highest BCUT2D eigenvalue weighted by molar-refractivity contribution is 7.99. The van der Waals surface area contributed by atoms with Crippen LogP contribution in [0.2, 0.25) is 0 Å². The summed E-state index contributed by atoms with van der Waals surface area (Å²) in [5.74, 6) is 1.48. The summed E-state index contributed by atoms with van der Waals surface area (Å²) in [6, 6.07) is 18.9. The van der Waals surface area contributed by atoms with Gasteiger partial charge in [-0.1, -0.05) is 50.2 Å². The zero-order valence-corrected chi connectivity index (χ0v) is 14.6. The number of hydrogen-bond donors (Lipinski definition) is 0. The molecule has 118 valence electrons. The lowest BCUT2D eigenvalue weighted by atomic mass is 10.0. The lowest BCUT2D eigenvalue weighted by molar-refractivity contribution is 0.459. The highest BCUT2D eigenvalue weighted by Gasteiger charge is 2.23. The van der Waals surface area contributed by atoms with Gasteiger partial charge in [-0.15, -0.1) is 11.8 Å². The molecule has 4 heteroatoms. The first-order valence-electron chi connectivity index (χ1n) is 7.44. The van der Waals surface area contributed by atoms with E-state index in [0.717, 1.165) is 5.75 Å². The van der Waals surface area contributed by atoms with Crippen molar-refractivity contribution in [3.8, 4) is 0 Å². The van der Waals surface area contributed by atoms with Crippen LogP contribution in [0.4, 0.5) is 0 Å². The Labute approximate surface area is 137 Å². The summed E-state index contributed by atoms with van der Waals surface area (Å²) in [4.78, 5) is 1.61. The molecule has 2 rings (SSSR count). The van der Waals surface area contributed by atoms with E-state index in [0.29, 0.717) is 10.8 Å². The zero-order chi connectivity index (χ0) is 16.0. The van der Waals surface area contributed by atoms with Crippen molar-refractivity contribution in [3.63, 3.8) is 0 Å². The van der Waals surface area contributed by atoms with Crippen molar-refractivity contribution in [2.75, 3.05) is 11.5 Å². The molecule has 1 atom stereocenters. The molecular formula is C18H22O2S2. The van der Waals surface area contributed by atoms with Gasteiger partial charge in [0.2, 0.25) is 0 Å². The van der Waals surface area contributed by atoms with E-state index < -0.39 is 9.84 Å². The Kier molecular flexibility index (Phi) is 6.09. The maximum Gasteiger partial charge on any atom is 0.178 e. The van der Waals surface area contributed by atoms with E-state index in [1.807, 2.05) is 24.3 Å². The molecular weight excluding hydrogens is 312 g/mol. The minimum atomic E-state index is -3.22. The lowest BCUT2D eigenvalue weighted by Gasteiger charge is -2.20. The average molecular weight is 335 g/mol. The SMILES string of the molecule is CC(C)[C@H](CSc1ccccc1)CS(=O)(=O)c1ccccc1. The zero-order valence-electron chi connectivity index (χ0n) is 13.0. The summed E-state index contributed by atoms with van der Waals surface area (Å²) in [7, 11) is -3.22. The Morgan fingerprint density at radius 1 is 0.909 bits per heavy atom. The topological polar surface area (TPSA) is 34.1 Å². The third-order valence-electron chi connectivity index (χ3n) is 3.69. The van der Waals surface area contributed by atoms with E-state index in [9.17, 15) is 8.42 Å². The molecule has 0 aliphatic rings. The van der Waals surface area contributed by atoms with Gasteiger partial charge in [0.05, 0.1) is 10.6 Å². The first-order valence-corrected chi connectivity index (χ1v) is 10.1. The molecule has 0 heterocycles. The second-order valence-corrected chi connectivity index (χ2v) is 8.85. The summed E-state index contributed by atoms with van der Waals surface area (Å²) >= 11 is 1.73. The molecule has 0 spiro atoms. The van der Waals surface area contributed by atoms with Gasteiger partial charge in [-0.2, -0.15) is 0 Å². The smallest absolute Gasteiger partial charge is 0.178 e. The number of hydrogen-bond acceptors (Lipinski definition) is 3. The number of benzene rings is 2. The van der Waals surface area contributed by atoms with E-state index in [-0.39, 0.29) is 11.7 Å². The predicted molar refractivity (Wildman–Crippen MR) is 94.0 cm³/mol. The first kappa shape index (κ1) is 17.1. The molecule has 0 unspecified atom stereocenters. The maximum absolute atomic E-state index is 12.5. The minimum absolute atomic E-state index is 0.135. The summed E-state index contributed by atoms with van der Waals surface area (Å²) in [5.41, 5.74) is 0. The normalized spacial score (nSPS) is 13.2. The van der Waals surface area contributed by atoms with E-state index in [2.05, 4.69) is 26.0 Å². The lowest BCUT2D eigenvalue weighted by Crippen LogP contribution is -2.23. The van der Waals surface area contributed by atoms with Gasteiger partial charge in [-0.05, 0) is 36.1 Å². The fraction of sp³-hybridized carbons (Fsp3) is 0.333. The summed E-state index contributed by atoms with van der Waals surface area (Å²) in [5, 5.41) is 0. The van der Waals surface area contributed by atoms with Crippen LogP contribution in [0.3, 0.4) is 0 Å². The molecule has 0 N–H and O–H groups in total. The first-order chi connectivity index (χ1) is 10.5. The second-order valence-electron chi connectivity index (χ2n) is 5.72. The van der Waals surface area contributed by atoms with Crippen LogP contribution in [0, 0.1) is 11.8 Å². The summed E-state index contributed by atoms with van der Waals surface area (Å²) in [6.45, 7) is 4.19. The monoisotopic (exact) mass is 334 g/mol. The number of thioether (sulfide) groups is 1. The number of rotatable bonds is 7. The van der Waals surface area contributed by atoms with Crippen LogP contribution in [0.15, 0.2) is 70.5 Å². The molecule has 0 saturated carbocycles. The van der Waals surface area contributed by atoms with Gasteiger partial charge in [0.1, 0.15) is 0 Å². The van der Waals surface area contributed by atoms with Crippen molar-refractivity contribution in [2.45, 2.75) is 23.6 Å². The van der Waals surface area contributed by atoms with Crippen LogP contribution in [0.1, 0.15) is 13.8 Å². The van der Waals surface area contributed by atoms with Crippen molar-refractivity contribution in [3.05, 3.63) is 60.7 Å². The van der Waals surface area contributed by atoms with Crippen LogP contribution in [0.25, 0.3) is 0 Å². The van der Waals surface area contributed by atoms with Crippen LogP contribution in [-0.4, -0.2) is 19.9 Å². The average Bonchev–Trinajstić information content (AvgIpc) is 2.53. The molecule has 0 aromatic heterocycles. The van der Waals surface area contributed by atoms with Crippen molar-refractivity contribution in [1.29, 1.82) is 0 Å². The van der Waals surface area contributed by atoms with Crippen molar-refractivity contribution < 1.29 is 8.42 Å². The molecule has 0 radical (unpaired) electrons. The van der Waals surface area contributed by atoms with Gasteiger partial charge in [0, 0.05) is 10.6 Å². The van der Waals surface area contributed by atoms with E-state index in [1.54, 1.807) is 36.0 Å². The Hall–Kier alpha value is -1.26. The van der Waals surface area contributed by atoms with Crippen molar-refractivity contribution in [2.24, 2.45) is 11.8 Å². The van der Waals surface area contributed by atoms with Gasteiger partial charge < -0.3 is 0 Å². The molecule has 2 aromatic carbocycles. The minimum Gasteiger partial charge on any atom is -0.224 e. The maximum atomic E-state index is 12.5. The van der Waals surface area contributed by atoms with Gasteiger partial charge in [0.15, 0.2) is 9.84 Å². The van der Waals surface area contributed by atoms with E-state index in [1.165, 1.54) is 4.90 Å². The highest BCUT2D eigenvalue weighted by atomic mass is 32.2. The van der Waals surface area contributed by atoms with Crippen LogP contribution in [0.5, 0.6) is 0 Å². The van der Waals surface area contributed by atoms with Crippen LogP contribution < -0.4 is 0 Å². The molecule has 0 amide bonds. The molecule has 0 bridgehead atoms. The Bertz CT molecular complexity index is 665. The standard InChI is InChI=1S/C18H22O2S2/c1-15(2)16(13-21-17-9-5-3-6-10-17)14-22(19,20)18-11-7-4-8-12-18/h3-12,15-16H,13-14H2,1-2H3/t16-/m1/s1. The number of sulfone groups is 1. The molecule has 0 fully saturated rings. The largest absolute Gasteiger partial charge is 0.224 e. The van der Waals surface area contributed by atoms with Crippen LogP contribution >= 0.6 is 11.8 Å². The molecule has 0 saturated heterocycles. The Morgan fingerprint density at radius 2 is 1.45 bits per heavy atom. The van der Waals surface area contributed by atoms with Gasteiger partial charge in [-0.25, -0.2) is 8.42 Å². The third kappa shape index (κ3) is 4.89. The highest BCUT2D eigenvalue weighted by Crippen LogP contribution is 2.26. The predicted octanol–water partition coefficient (Wildman–Crippen LogP) is 4.52.